The number of nitrogens with one attached hydrogen (secondary N) is 1. The highest BCUT2D eigenvalue weighted by molar-refractivity contribution is 6.08. The van der Waals surface area contributed by atoms with Gasteiger partial charge in [-0.1, -0.05) is 19.3 Å². The van der Waals surface area contributed by atoms with Crippen molar-refractivity contribution < 1.29 is 32.6 Å². The maximum absolute atomic E-state index is 14.0. The van der Waals surface area contributed by atoms with Crippen molar-refractivity contribution in [2.75, 3.05) is 26.2 Å². The van der Waals surface area contributed by atoms with Crippen LogP contribution in [0.15, 0.2) is 59.2 Å². The van der Waals surface area contributed by atoms with E-state index in [9.17, 15) is 14.0 Å². The molecule has 8 nitrogen and oxygen atoms in total. The molecule has 1 atom stereocenters. The van der Waals surface area contributed by atoms with Gasteiger partial charge in [0, 0.05) is 11.7 Å². The molecule has 9 heteroatoms. The van der Waals surface area contributed by atoms with Crippen molar-refractivity contribution >= 4 is 17.5 Å². The number of anilines is 1. The van der Waals surface area contributed by atoms with E-state index in [0.717, 1.165) is 32.1 Å². The molecule has 1 N–H and O–H groups in total. The van der Waals surface area contributed by atoms with Crippen molar-refractivity contribution in [3.8, 4) is 17.2 Å². The molecule has 1 aliphatic carbocycles. The lowest BCUT2D eigenvalue weighted by Gasteiger charge is -2.33. The van der Waals surface area contributed by atoms with E-state index in [1.807, 2.05) is 0 Å². The molecule has 1 saturated carbocycles. The summed E-state index contributed by atoms with van der Waals surface area (Å²) in [7, 11) is 4.44. The van der Waals surface area contributed by atoms with Crippen LogP contribution in [0.4, 0.5) is 10.1 Å². The lowest BCUT2D eigenvalue weighted by molar-refractivity contribution is -0.123. The smallest absolute Gasteiger partial charge is 0.294 e. The van der Waals surface area contributed by atoms with Crippen molar-refractivity contribution in [1.29, 1.82) is 0 Å². The normalized spacial score (nSPS) is 14.5. The molecule has 2 aromatic carbocycles. The second kappa shape index (κ2) is 11.8. The fourth-order valence-electron chi connectivity index (χ4n) is 4.71. The van der Waals surface area contributed by atoms with E-state index >= 15 is 0 Å². The van der Waals surface area contributed by atoms with Crippen LogP contribution in [0.1, 0.15) is 54.3 Å². The Morgan fingerprint density at radius 3 is 2.16 bits per heavy atom. The van der Waals surface area contributed by atoms with Gasteiger partial charge < -0.3 is 23.9 Å². The fourth-order valence-corrected chi connectivity index (χ4v) is 4.71. The van der Waals surface area contributed by atoms with Crippen LogP contribution < -0.4 is 24.4 Å². The first-order chi connectivity index (χ1) is 18.0. The minimum atomic E-state index is -1.15. The molecule has 196 valence electrons. The van der Waals surface area contributed by atoms with Crippen LogP contribution in [0.3, 0.4) is 0 Å². The van der Waals surface area contributed by atoms with Crippen LogP contribution in [-0.2, 0) is 4.79 Å². The molecule has 0 saturated heterocycles. The predicted molar refractivity (Wildman–Crippen MR) is 136 cm³/mol. The number of methoxy groups -OCH3 is 3. The van der Waals surface area contributed by atoms with Gasteiger partial charge in [0.15, 0.2) is 17.3 Å². The predicted octanol–water partition coefficient (Wildman–Crippen LogP) is 5.28. The summed E-state index contributed by atoms with van der Waals surface area (Å²) < 4.78 is 35.7. The molecule has 4 rings (SSSR count). The van der Waals surface area contributed by atoms with E-state index in [1.54, 1.807) is 18.2 Å². The Morgan fingerprint density at radius 1 is 0.973 bits per heavy atom. The van der Waals surface area contributed by atoms with Crippen molar-refractivity contribution in [2.24, 2.45) is 0 Å². The molecule has 1 aromatic heterocycles. The largest absolute Gasteiger partial charge is 0.493 e. The number of ether oxygens (including phenoxy) is 3. The fraction of sp³-hybridized carbons (Fsp3) is 0.357. The first-order valence-corrected chi connectivity index (χ1v) is 12.2. The average molecular weight is 511 g/mol. The number of amides is 2. The van der Waals surface area contributed by atoms with Gasteiger partial charge in [-0.25, -0.2) is 4.39 Å². The molecule has 2 amide bonds. The lowest BCUT2D eigenvalue weighted by atomic mass is 9.94. The van der Waals surface area contributed by atoms with Crippen LogP contribution >= 0.6 is 0 Å². The summed E-state index contributed by atoms with van der Waals surface area (Å²) in [5, 5.41) is 3.13. The standard InChI is InChI=1S/C28H31FN2O6/c1-34-23-16-18(17-24(35-2)26(23)36-3)25(27(32)30-20-8-5-4-6-9-20)31(21-13-11-19(29)12-14-21)28(33)22-10-7-15-37-22/h7,10-17,20,25H,4-6,8-9H2,1-3H3,(H,30,32). The second-order valence-electron chi connectivity index (χ2n) is 8.83. The van der Waals surface area contributed by atoms with Crippen LogP contribution in [0.25, 0.3) is 0 Å². The van der Waals surface area contributed by atoms with Gasteiger partial charge in [-0.3, -0.25) is 14.5 Å². The number of hydrogen-bond acceptors (Lipinski definition) is 6. The number of hydrogen-bond donors (Lipinski definition) is 1. The van der Waals surface area contributed by atoms with Crippen molar-refractivity contribution in [2.45, 2.75) is 44.2 Å². The van der Waals surface area contributed by atoms with E-state index < -0.39 is 17.8 Å². The van der Waals surface area contributed by atoms with E-state index in [1.165, 1.54) is 62.8 Å². The number of furan rings is 1. The molecule has 0 spiro atoms. The molecule has 37 heavy (non-hydrogen) atoms. The molecule has 1 unspecified atom stereocenters. The Kier molecular flexibility index (Phi) is 8.32. The van der Waals surface area contributed by atoms with E-state index in [-0.39, 0.29) is 17.7 Å². The van der Waals surface area contributed by atoms with E-state index in [2.05, 4.69) is 5.32 Å². The minimum Gasteiger partial charge on any atom is -0.493 e. The lowest BCUT2D eigenvalue weighted by Crippen LogP contribution is -2.47. The zero-order valence-electron chi connectivity index (χ0n) is 21.2. The molecule has 0 bridgehead atoms. The average Bonchev–Trinajstić information content (AvgIpc) is 3.47. The van der Waals surface area contributed by atoms with Crippen LogP contribution in [-0.4, -0.2) is 39.2 Å². The number of carbonyl (C=O) groups excluding carboxylic acids is 2. The molecular weight excluding hydrogens is 479 g/mol. The van der Waals surface area contributed by atoms with Crippen molar-refractivity contribution in [3.63, 3.8) is 0 Å². The summed E-state index contributed by atoms with van der Waals surface area (Å²) in [6, 6.07) is 10.6. The third-order valence-corrected chi connectivity index (χ3v) is 6.52. The summed E-state index contributed by atoms with van der Waals surface area (Å²) in [6.07, 6.45) is 6.26. The quantitative estimate of drug-likeness (QED) is 0.421. The Bertz CT molecular complexity index is 1180. The summed E-state index contributed by atoms with van der Waals surface area (Å²) in [4.78, 5) is 29.1. The molecule has 3 aromatic rings. The highest BCUT2D eigenvalue weighted by Crippen LogP contribution is 2.42. The second-order valence-corrected chi connectivity index (χ2v) is 8.83. The van der Waals surface area contributed by atoms with Gasteiger partial charge in [0.25, 0.3) is 5.91 Å². The van der Waals surface area contributed by atoms with Crippen LogP contribution in [0, 0.1) is 5.82 Å². The van der Waals surface area contributed by atoms with Crippen molar-refractivity contribution in [3.05, 3.63) is 71.9 Å². The summed E-state index contributed by atoms with van der Waals surface area (Å²) in [6.45, 7) is 0. The maximum atomic E-state index is 14.0. The van der Waals surface area contributed by atoms with Gasteiger partial charge in [-0.2, -0.15) is 0 Å². The van der Waals surface area contributed by atoms with Crippen LogP contribution in [0.2, 0.25) is 0 Å². The van der Waals surface area contributed by atoms with E-state index in [4.69, 9.17) is 18.6 Å². The Hall–Kier alpha value is -4.01. The molecule has 1 fully saturated rings. The number of nitrogens with zero attached hydrogens (tertiary/aromatic N) is 1. The summed E-state index contributed by atoms with van der Waals surface area (Å²) >= 11 is 0. The van der Waals surface area contributed by atoms with Gasteiger partial charge in [0.2, 0.25) is 11.7 Å². The van der Waals surface area contributed by atoms with Crippen molar-refractivity contribution in [1.82, 2.24) is 5.32 Å². The minimum absolute atomic E-state index is 0.0143. The highest BCUT2D eigenvalue weighted by atomic mass is 19.1. The summed E-state index contributed by atoms with van der Waals surface area (Å²) in [5.41, 5.74) is 0.743. The SMILES string of the molecule is COc1cc(C(C(=O)NC2CCCCC2)N(C(=O)c2ccco2)c2ccc(F)cc2)cc(OC)c1OC. The monoisotopic (exact) mass is 510 g/mol. The summed E-state index contributed by atoms with van der Waals surface area (Å²) in [5.74, 6) is -0.364. The van der Waals surface area contributed by atoms with E-state index in [0.29, 0.717) is 28.5 Å². The molecule has 0 aliphatic heterocycles. The first-order valence-electron chi connectivity index (χ1n) is 12.2. The third kappa shape index (κ3) is 5.71. The molecule has 1 heterocycles. The zero-order chi connectivity index (χ0) is 26.4. The molecule has 1 aliphatic rings. The molecule has 0 radical (unpaired) electrons. The first kappa shape index (κ1) is 26.1. The number of benzene rings is 2. The van der Waals surface area contributed by atoms with Gasteiger partial charge in [0.1, 0.15) is 11.9 Å². The highest BCUT2D eigenvalue weighted by Gasteiger charge is 2.37. The zero-order valence-corrected chi connectivity index (χ0v) is 21.2. The van der Waals surface area contributed by atoms with Gasteiger partial charge in [0.05, 0.1) is 27.6 Å². The topological polar surface area (TPSA) is 90.2 Å². The third-order valence-electron chi connectivity index (χ3n) is 6.52. The number of carbonyl (C=O) groups is 2. The Balaban J connectivity index is 1.88. The van der Waals surface area contributed by atoms with Gasteiger partial charge in [-0.05, 0) is 66.9 Å². The van der Waals surface area contributed by atoms with Gasteiger partial charge >= 0.3 is 0 Å². The Morgan fingerprint density at radius 2 is 1.62 bits per heavy atom. The maximum Gasteiger partial charge on any atom is 0.294 e. The Labute approximate surface area is 215 Å². The molecular formula is C28H31FN2O6. The van der Waals surface area contributed by atoms with Gasteiger partial charge in [-0.15, -0.1) is 0 Å². The number of halogens is 1. The number of rotatable bonds is 9. The van der Waals surface area contributed by atoms with Crippen LogP contribution in [0.5, 0.6) is 17.2 Å².